The largest absolute Gasteiger partial charge is 0.481 e. The van der Waals surface area contributed by atoms with Crippen LogP contribution in [0.3, 0.4) is 0 Å². The highest BCUT2D eigenvalue weighted by molar-refractivity contribution is 5.80. The van der Waals surface area contributed by atoms with Crippen LogP contribution in [0.25, 0.3) is 11.1 Å². The van der Waals surface area contributed by atoms with Crippen LogP contribution in [0.5, 0.6) is 0 Å². The highest BCUT2D eigenvalue weighted by atomic mass is 19.4. The molecule has 170 valence electrons. The van der Waals surface area contributed by atoms with Crippen LogP contribution < -0.4 is 9.80 Å². The number of carbonyl (C=O) groups is 1. The zero-order valence-corrected chi connectivity index (χ0v) is 17.3. The summed E-state index contributed by atoms with van der Waals surface area (Å²) in [5.74, 6) is -1.09. The van der Waals surface area contributed by atoms with Gasteiger partial charge in [-0.05, 0) is 48.8 Å². The molecule has 3 heterocycles. The van der Waals surface area contributed by atoms with E-state index in [9.17, 15) is 22.4 Å². The van der Waals surface area contributed by atoms with Gasteiger partial charge in [-0.2, -0.15) is 18.2 Å². The van der Waals surface area contributed by atoms with E-state index in [-0.39, 0.29) is 53.1 Å². The standard InChI is InChI=1S/C22H22F4N4O2/c1-11-5-6-30(11)21-27-19(22(24,25)26)18(12-3-2-4-13(23)7-12)20(28-21)29-9-15-14(8-17(31)32)16(15)10-29/h2-4,7,11,14-16H,5-6,8-10H2,1H3,(H,31,32)/t11-,14-,15-,16+/m0/s1. The van der Waals surface area contributed by atoms with Gasteiger partial charge in [0.25, 0.3) is 0 Å². The molecule has 0 spiro atoms. The van der Waals surface area contributed by atoms with E-state index in [1.165, 1.54) is 18.2 Å². The number of benzene rings is 1. The van der Waals surface area contributed by atoms with E-state index in [1.807, 2.05) is 6.92 Å². The number of alkyl halides is 3. The van der Waals surface area contributed by atoms with E-state index < -0.39 is 23.7 Å². The van der Waals surface area contributed by atoms with Crippen molar-refractivity contribution in [2.24, 2.45) is 17.8 Å². The Morgan fingerprint density at radius 1 is 1.22 bits per heavy atom. The number of hydrogen-bond acceptors (Lipinski definition) is 5. The first-order chi connectivity index (χ1) is 15.1. The minimum Gasteiger partial charge on any atom is -0.481 e. The van der Waals surface area contributed by atoms with Gasteiger partial charge in [-0.3, -0.25) is 4.79 Å². The maximum absolute atomic E-state index is 14.2. The second kappa shape index (κ2) is 7.31. The molecular formula is C22H22F4N4O2. The number of halogens is 4. The fraction of sp³-hybridized carbons (Fsp3) is 0.500. The number of aliphatic carboxylic acids is 1. The Kier molecular flexibility index (Phi) is 4.79. The van der Waals surface area contributed by atoms with Gasteiger partial charge in [0.2, 0.25) is 5.95 Å². The van der Waals surface area contributed by atoms with Crippen LogP contribution in [0, 0.1) is 23.6 Å². The molecule has 1 aromatic heterocycles. The SMILES string of the molecule is C[C@H]1CCN1c1nc(N2C[C@@H]3[C@@H](CC(=O)O)[C@@H]3C2)c(-c2cccc(F)c2)c(C(F)(F)F)n1. The minimum absolute atomic E-state index is 0.0221. The monoisotopic (exact) mass is 450 g/mol. The van der Waals surface area contributed by atoms with Crippen LogP contribution in [0.2, 0.25) is 0 Å². The van der Waals surface area contributed by atoms with Crippen LogP contribution in [0.1, 0.15) is 25.5 Å². The Hall–Kier alpha value is -2.91. The predicted octanol–water partition coefficient (Wildman–Crippen LogP) is 4.06. The second-order valence-corrected chi connectivity index (χ2v) is 8.90. The number of hydrogen-bond donors (Lipinski definition) is 1. The molecule has 3 fully saturated rings. The van der Waals surface area contributed by atoms with Crippen molar-refractivity contribution in [2.45, 2.75) is 32.0 Å². The molecule has 1 aromatic carbocycles. The summed E-state index contributed by atoms with van der Waals surface area (Å²) in [6.45, 7) is 3.33. The van der Waals surface area contributed by atoms with Crippen molar-refractivity contribution in [3.63, 3.8) is 0 Å². The van der Waals surface area contributed by atoms with E-state index in [4.69, 9.17) is 5.11 Å². The zero-order chi connectivity index (χ0) is 22.8. The third kappa shape index (κ3) is 3.55. The molecule has 2 saturated heterocycles. The van der Waals surface area contributed by atoms with Crippen molar-refractivity contribution >= 4 is 17.7 Å². The van der Waals surface area contributed by atoms with Crippen molar-refractivity contribution in [3.05, 3.63) is 35.8 Å². The number of piperidine rings is 1. The molecule has 2 aliphatic heterocycles. The molecule has 5 rings (SSSR count). The van der Waals surface area contributed by atoms with Gasteiger partial charge in [0.1, 0.15) is 11.6 Å². The van der Waals surface area contributed by atoms with Crippen LogP contribution in [-0.2, 0) is 11.0 Å². The lowest BCUT2D eigenvalue weighted by atomic mass is 10.0. The van der Waals surface area contributed by atoms with Crippen molar-refractivity contribution < 1.29 is 27.5 Å². The van der Waals surface area contributed by atoms with Gasteiger partial charge >= 0.3 is 12.1 Å². The summed E-state index contributed by atoms with van der Waals surface area (Å²) in [7, 11) is 0. The lowest BCUT2D eigenvalue weighted by Gasteiger charge is -2.39. The Morgan fingerprint density at radius 3 is 2.47 bits per heavy atom. The summed E-state index contributed by atoms with van der Waals surface area (Å²) in [4.78, 5) is 23.0. The predicted molar refractivity (Wildman–Crippen MR) is 109 cm³/mol. The van der Waals surface area contributed by atoms with Gasteiger partial charge in [-0.1, -0.05) is 12.1 Å². The van der Waals surface area contributed by atoms with Crippen LogP contribution in [0.4, 0.5) is 29.3 Å². The number of carboxylic acids is 1. The topological polar surface area (TPSA) is 69.6 Å². The number of anilines is 2. The quantitative estimate of drug-likeness (QED) is 0.693. The zero-order valence-electron chi connectivity index (χ0n) is 17.3. The van der Waals surface area contributed by atoms with E-state index in [1.54, 1.807) is 9.80 Å². The summed E-state index contributed by atoms with van der Waals surface area (Å²) >= 11 is 0. The van der Waals surface area contributed by atoms with Gasteiger partial charge in [0.15, 0.2) is 5.69 Å². The number of aromatic nitrogens is 2. The molecule has 4 atom stereocenters. The van der Waals surface area contributed by atoms with Crippen LogP contribution in [0.15, 0.2) is 24.3 Å². The highest BCUT2D eigenvalue weighted by Gasteiger charge is 2.57. The van der Waals surface area contributed by atoms with Gasteiger partial charge in [-0.25, -0.2) is 9.37 Å². The molecule has 0 unspecified atom stereocenters. The molecule has 0 bridgehead atoms. The summed E-state index contributed by atoms with van der Waals surface area (Å²) in [5.41, 5.74) is -1.24. The first-order valence-electron chi connectivity index (χ1n) is 10.6. The molecule has 1 saturated carbocycles. The van der Waals surface area contributed by atoms with E-state index in [0.717, 1.165) is 12.5 Å². The van der Waals surface area contributed by atoms with Gasteiger partial charge in [0, 0.05) is 32.1 Å². The number of nitrogens with zero attached hydrogens (tertiary/aromatic N) is 4. The molecule has 2 aromatic rings. The fourth-order valence-electron chi connectivity index (χ4n) is 5.05. The molecular weight excluding hydrogens is 428 g/mol. The molecule has 10 heteroatoms. The molecule has 3 aliphatic rings. The minimum atomic E-state index is -4.75. The summed E-state index contributed by atoms with van der Waals surface area (Å²) in [5, 5.41) is 9.06. The van der Waals surface area contributed by atoms with Gasteiger partial charge in [-0.15, -0.1) is 0 Å². The molecule has 6 nitrogen and oxygen atoms in total. The van der Waals surface area contributed by atoms with Crippen LogP contribution in [-0.4, -0.2) is 46.7 Å². The summed E-state index contributed by atoms with van der Waals surface area (Å²) < 4.78 is 56.5. The lowest BCUT2D eigenvalue weighted by molar-refractivity contribution is -0.140. The molecule has 0 radical (unpaired) electrons. The fourth-order valence-corrected chi connectivity index (χ4v) is 5.05. The van der Waals surface area contributed by atoms with Crippen LogP contribution >= 0.6 is 0 Å². The molecule has 0 amide bonds. The summed E-state index contributed by atoms with van der Waals surface area (Å²) in [6, 6.07) is 5.07. The number of rotatable bonds is 5. The van der Waals surface area contributed by atoms with Crippen molar-refractivity contribution in [3.8, 4) is 11.1 Å². The van der Waals surface area contributed by atoms with E-state index in [0.29, 0.717) is 19.6 Å². The van der Waals surface area contributed by atoms with Crippen molar-refractivity contribution in [1.29, 1.82) is 0 Å². The first-order valence-corrected chi connectivity index (χ1v) is 10.6. The maximum Gasteiger partial charge on any atom is 0.434 e. The molecule has 1 N–H and O–H groups in total. The molecule has 1 aliphatic carbocycles. The molecule has 32 heavy (non-hydrogen) atoms. The maximum atomic E-state index is 14.2. The first kappa shape index (κ1) is 21.0. The Balaban J connectivity index is 1.60. The smallest absolute Gasteiger partial charge is 0.434 e. The average Bonchev–Trinajstić information content (AvgIpc) is 3.13. The van der Waals surface area contributed by atoms with E-state index >= 15 is 0 Å². The van der Waals surface area contributed by atoms with Crippen molar-refractivity contribution in [2.75, 3.05) is 29.4 Å². The number of carboxylic acid groups (broad SMARTS) is 1. The van der Waals surface area contributed by atoms with Gasteiger partial charge < -0.3 is 14.9 Å². The van der Waals surface area contributed by atoms with E-state index in [2.05, 4.69) is 9.97 Å². The normalized spacial score (nSPS) is 26.7. The Bertz CT molecular complexity index is 1060. The Morgan fingerprint density at radius 2 is 1.94 bits per heavy atom. The third-order valence-corrected chi connectivity index (χ3v) is 6.92. The average molecular weight is 450 g/mol. The second-order valence-electron chi connectivity index (χ2n) is 8.90. The summed E-state index contributed by atoms with van der Waals surface area (Å²) in [6.07, 6.45) is -3.85. The Labute approximate surface area is 181 Å². The number of fused-ring (bicyclic) bond motifs is 1. The van der Waals surface area contributed by atoms with Gasteiger partial charge in [0.05, 0.1) is 5.56 Å². The van der Waals surface area contributed by atoms with Crippen molar-refractivity contribution in [1.82, 2.24) is 9.97 Å². The highest BCUT2D eigenvalue weighted by Crippen LogP contribution is 2.55. The third-order valence-electron chi connectivity index (χ3n) is 6.92. The lowest BCUT2D eigenvalue weighted by Crippen LogP contribution is -2.47.